The first-order valence-corrected chi connectivity index (χ1v) is 9.92. The van der Waals surface area contributed by atoms with Crippen molar-refractivity contribution in [2.24, 2.45) is 23.1 Å². The van der Waals surface area contributed by atoms with Gasteiger partial charge in [-0.2, -0.15) is 0 Å². The van der Waals surface area contributed by atoms with Crippen molar-refractivity contribution in [1.29, 1.82) is 0 Å². The van der Waals surface area contributed by atoms with Crippen molar-refractivity contribution in [1.82, 2.24) is 0 Å². The average molecular weight is 336 g/mol. The van der Waals surface area contributed by atoms with Gasteiger partial charge < -0.3 is 17.2 Å². The average Bonchev–Trinajstić information content (AvgIpc) is 2.63. The first-order valence-electron chi connectivity index (χ1n) is 9.92. The Kier molecular flexibility index (Phi) is 17.7. The minimum absolute atomic E-state index is 0.740. The summed E-state index contributed by atoms with van der Waals surface area (Å²) < 4.78 is 0. The van der Waals surface area contributed by atoms with E-state index in [-0.39, 0.29) is 0 Å². The second-order valence-corrected chi connectivity index (χ2v) is 6.60. The van der Waals surface area contributed by atoms with Crippen molar-refractivity contribution in [2.75, 3.05) is 19.6 Å². The second-order valence-electron chi connectivity index (χ2n) is 6.60. The summed E-state index contributed by atoms with van der Waals surface area (Å²) in [5, 5.41) is 0. The molecule has 0 radical (unpaired) electrons. The number of unbranched alkanes of at least 4 members (excludes halogenated alkanes) is 2. The standard InChI is InChI=1S/C8H17N.C8H11N.C5H13N/c2*9-7-6-8-4-2-1-3-5-8;1-2-3-4-5-6/h8H,1-7,9H2;1-5H,6-7,9H2;2-6H2,1H3. The van der Waals surface area contributed by atoms with Crippen LogP contribution >= 0.6 is 0 Å². The fourth-order valence-corrected chi connectivity index (χ4v) is 2.92. The van der Waals surface area contributed by atoms with Gasteiger partial charge in [0.2, 0.25) is 0 Å². The molecule has 3 heteroatoms. The van der Waals surface area contributed by atoms with Crippen LogP contribution in [-0.2, 0) is 6.42 Å². The molecule has 1 aliphatic rings. The highest BCUT2D eigenvalue weighted by molar-refractivity contribution is 5.14. The van der Waals surface area contributed by atoms with Crippen LogP contribution < -0.4 is 17.2 Å². The summed E-state index contributed by atoms with van der Waals surface area (Å²) in [7, 11) is 0. The Hall–Kier alpha value is -0.900. The number of benzene rings is 1. The van der Waals surface area contributed by atoms with E-state index >= 15 is 0 Å². The van der Waals surface area contributed by atoms with E-state index in [9.17, 15) is 0 Å². The van der Waals surface area contributed by atoms with Crippen molar-refractivity contribution < 1.29 is 0 Å². The maximum atomic E-state index is 5.46. The molecule has 3 nitrogen and oxygen atoms in total. The SMILES string of the molecule is CCCCCN.NCCC1CCCCC1.NCCc1ccccc1. The van der Waals surface area contributed by atoms with Crippen LogP contribution in [0.25, 0.3) is 0 Å². The lowest BCUT2D eigenvalue weighted by molar-refractivity contribution is 0.343. The van der Waals surface area contributed by atoms with E-state index in [0.29, 0.717) is 0 Å². The maximum Gasteiger partial charge on any atom is -0.00367 e. The quantitative estimate of drug-likeness (QED) is 0.652. The Balaban J connectivity index is 0.000000340. The van der Waals surface area contributed by atoms with Crippen molar-refractivity contribution >= 4 is 0 Å². The Labute approximate surface area is 150 Å². The van der Waals surface area contributed by atoms with E-state index in [2.05, 4.69) is 19.1 Å². The van der Waals surface area contributed by atoms with Crippen molar-refractivity contribution in [3.05, 3.63) is 35.9 Å². The van der Waals surface area contributed by atoms with Gasteiger partial charge in [0.05, 0.1) is 0 Å². The first kappa shape index (κ1) is 23.1. The molecule has 140 valence electrons. The van der Waals surface area contributed by atoms with E-state index < -0.39 is 0 Å². The molecule has 0 heterocycles. The van der Waals surface area contributed by atoms with Crippen LogP contribution in [0.1, 0.15) is 70.3 Å². The third kappa shape index (κ3) is 14.7. The molecule has 6 N–H and O–H groups in total. The smallest absolute Gasteiger partial charge is 0.00367 e. The molecule has 0 atom stereocenters. The molecule has 1 aromatic rings. The van der Waals surface area contributed by atoms with Crippen LogP contribution in [0.2, 0.25) is 0 Å². The van der Waals surface area contributed by atoms with Crippen molar-refractivity contribution in [3.8, 4) is 0 Å². The molecule has 2 rings (SSSR count). The lowest BCUT2D eigenvalue weighted by Gasteiger charge is -2.20. The molecule has 0 bridgehead atoms. The Bertz CT molecular complexity index is 327. The minimum Gasteiger partial charge on any atom is -0.330 e. The summed E-state index contributed by atoms with van der Waals surface area (Å²) in [4.78, 5) is 0. The highest BCUT2D eigenvalue weighted by Gasteiger charge is 2.11. The third-order valence-electron chi connectivity index (χ3n) is 4.38. The summed E-state index contributed by atoms with van der Waals surface area (Å²) in [6.45, 7) is 4.66. The summed E-state index contributed by atoms with van der Waals surface area (Å²) >= 11 is 0. The zero-order chi connectivity index (χ0) is 17.9. The molecule has 1 aliphatic carbocycles. The molecule has 0 aliphatic heterocycles. The second kappa shape index (κ2) is 18.4. The first-order chi connectivity index (χ1) is 11.8. The summed E-state index contributed by atoms with van der Waals surface area (Å²) in [5.41, 5.74) is 17.4. The van der Waals surface area contributed by atoms with Gasteiger partial charge in [-0.05, 0) is 50.4 Å². The largest absolute Gasteiger partial charge is 0.330 e. The van der Waals surface area contributed by atoms with Gasteiger partial charge in [0, 0.05) is 0 Å². The summed E-state index contributed by atoms with van der Waals surface area (Å²) in [5.74, 6) is 0.976. The highest BCUT2D eigenvalue weighted by atomic mass is 14.5. The molecule has 24 heavy (non-hydrogen) atoms. The van der Waals surface area contributed by atoms with Gasteiger partial charge >= 0.3 is 0 Å². The van der Waals surface area contributed by atoms with Crippen molar-refractivity contribution in [3.63, 3.8) is 0 Å². The molecule has 0 saturated heterocycles. The van der Waals surface area contributed by atoms with E-state index in [1.54, 1.807) is 0 Å². The van der Waals surface area contributed by atoms with Gasteiger partial charge in [-0.25, -0.2) is 0 Å². The highest BCUT2D eigenvalue weighted by Crippen LogP contribution is 2.25. The number of hydrogen-bond acceptors (Lipinski definition) is 3. The monoisotopic (exact) mass is 335 g/mol. The minimum atomic E-state index is 0.740. The van der Waals surface area contributed by atoms with Crippen molar-refractivity contribution in [2.45, 2.75) is 71.1 Å². The predicted molar refractivity (Wildman–Crippen MR) is 108 cm³/mol. The molecule has 1 aromatic carbocycles. The Morgan fingerprint density at radius 2 is 1.50 bits per heavy atom. The summed E-state index contributed by atoms with van der Waals surface area (Å²) in [6.07, 6.45) is 13.2. The molecule has 0 spiro atoms. The van der Waals surface area contributed by atoms with Gasteiger partial charge in [-0.1, -0.05) is 82.2 Å². The van der Waals surface area contributed by atoms with Crippen LogP contribution in [0.4, 0.5) is 0 Å². The molecule has 1 saturated carbocycles. The molecule has 0 unspecified atom stereocenters. The molecule has 0 aromatic heterocycles. The van der Waals surface area contributed by atoms with Crippen LogP contribution in [0.15, 0.2) is 30.3 Å². The zero-order valence-corrected chi connectivity index (χ0v) is 15.9. The fourth-order valence-electron chi connectivity index (χ4n) is 2.92. The number of hydrogen-bond donors (Lipinski definition) is 3. The third-order valence-corrected chi connectivity index (χ3v) is 4.38. The summed E-state index contributed by atoms with van der Waals surface area (Å²) in [6, 6.07) is 10.3. The van der Waals surface area contributed by atoms with Gasteiger partial charge in [-0.15, -0.1) is 0 Å². The molecule has 0 amide bonds. The molecule has 1 fully saturated rings. The van der Waals surface area contributed by atoms with Gasteiger partial charge in [0.15, 0.2) is 0 Å². The van der Waals surface area contributed by atoms with Crippen LogP contribution in [0, 0.1) is 5.92 Å². The van der Waals surface area contributed by atoms with E-state index in [0.717, 1.165) is 32.0 Å². The van der Waals surface area contributed by atoms with Crippen LogP contribution in [0.3, 0.4) is 0 Å². The number of rotatable bonds is 7. The Morgan fingerprint density at radius 1 is 0.833 bits per heavy atom. The lowest BCUT2D eigenvalue weighted by atomic mass is 9.87. The fraction of sp³-hybridized carbons (Fsp3) is 0.714. The van der Waals surface area contributed by atoms with E-state index in [1.165, 1.54) is 63.4 Å². The maximum absolute atomic E-state index is 5.46. The number of nitrogens with two attached hydrogens (primary N) is 3. The zero-order valence-electron chi connectivity index (χ0n) is 15.9. The van der Waals surface area contributed by atoms with E-state index in [1.807, 2.05) is 18.2 Å². The molecular weight excluding hydrogens is 294 g/mol. The Morgan fingerprint density at radius 3 is 1.96 bits per heavy atom. The van der Waals surface area contributed by atoms with E-state index in [4.69, 9.17) is 17.2 Å². The molecular formula is C21H41N3. The predicted octanol–water partition coefficient (Wildman–Crippen LogP) is 4.24. The van der Waals surface area contributed by atoms with Gasteiger partial charge in [-0.3, -0.25) is 0 Å². The topological polar surface area (TPSA) is 78.1 Å². The van der Waals surface area contributed by atoms with Crippen LogP contribution in [-0.4, -0.2) is 19.6 Å². The van der Waals surface area contributed by atoms with Crippen LogP contribution in [0.5, 0.6) is 0 Å². The van der Waals surface area contributed by atoms with Gasteiger partial charge in [0.25, 0.3) is 0 Å². The van der Waals surface area contributed by atoms with Gasteiger partial charge in [0.1, 0.15) is 0 Å². The normalized spacial score (nSPS) is 14.2. The lowest BCUT2D eigenvalue weighted by Crippen LogP contribution is -2.11.